The smallest absolute Gasteiger partial charge is 0.328 e. The monoisotopic (exact) mass is 449 g/mol. The molecule has 4 atom stereocenters. The SMILES string of the molecule is O=C(OCCCNC1NS(=O)(=O)C2CCCCC12)C(c1ccccc1)N1CCCCC1. The summed E-state index contributed by atoms with van der Waals surface area (Å²) in [5.74, 6) is -0.0510. The normalized spacial score (nSPS) is 29.2. The number of likely N-dealkylation sites (tertiary alicyclic amines) is 1. The van der Waals surface area contributed by atoms with Crippen molar-refractivity contribution < 1.29 is 17.9 Å². The molecule has 1 aliphatic carbocycles. The van der Waals surface area contributed by atoms with Crippen LogP contribution in [0.5, 0.6) is 0 Å². The Morgan fingerprint density at radius 2 is 1.84 bits per heavy atom. The van der Waals surface area contributed by atoms with Crippen LogP contribution in [0.25, 0.3) is 0 Å². The van der Waals surface area contributed by atoms with Crippen LogP contribution in [0.3, 0.4) is 0 Å². The van der Waals surface area contributed by atoms with E-state index in [-0.39, 0.29) is 29.3 Å². The van der Waals surface area contributed by atoms with Crippen LogP contribution >= 0.6 is 0 Å². The number of hydrogen-bond acceptors (Lipinski definition) is 6. The van der Waals surface area contributed by atoms with E-state index in [9.17, 15) is 13.2 Å². The highest BCUT2D eigenvalue weighted by Gasteiger charge is 2.47. The molecule has 2 saturated heterocycles. The fourth-order valence-corrected chi connectivity index (χ4v) is 7.34. The number of sulfonamides is 1. The number of benzene rings is 1. The Morgan fingerprint density at radius 3 is 2.61 bits per heavy atom. The van der Waals surface area contributed by atoms with Gasteiger partial charge in [-0.25, -0.2) is 13.2 Å². The summed E-state index contributed by atoms with van der Waals surface area (Å²) < 4.78 is 33.1. The number of carbonyl (C=O) groups excluding carboxylic acids is 1. The highest BCUT2D eigenvalue weighted by atomic mass is 32.2. The zero-order valence-corrected chi connectivity index (χ0v) is 19.0. The number of carbonyl (C=O) groups is 1. The Kier molecular flexibility index (Phi) is 7.63. The molecule has 3 aliphatic rings. The van der Waals surface area contributed by atoms with Crippen LogP contribution in [-0.4, -0.2) is 56.9 Å². The lowest BCUT2D eigenvalue weighted by atomic mass is 9.87. The molecule has 2 aliphatic heterocycles. The number of rotatable bonds is 8. The van der Waals surface area contributed by atoms with E-state index in [0.717, 1.165) is 57.2 Å². The van der Waals surface area contributed by atoms with Gasteiger partial charge < -0.3 is 10.1 Å². The lowest BCUT2D eigenvalue weighted by molar-refractivity contribution is -0.151. The summed E-state index contributed by atoms with van der Waals surface area (Å²) in [7, 11) is -3.21. The molecule has 1 aromatic carbocycles. The Balaban J connectivity index is 1.26. The van der Waals surface area contributed by atoms with E-state index in [2.05, 4.69) is 14.9 Å². The van der Waals surface area contributed by atoms with Crippen LogP contribution < -0.4 is 10.0 Å². The highest BCUT2D eigenvalue weighted by molar-refractivity contribution is 7.90. The Bertz CT molecular complexity index is 826. The minimum atomic E-state index is -3.21. The molecule has 172 valence electrons. The third-order valence-electron chi connectivity index (χ3n) is 6.90. The van der Waals surface area contributed by atoms with E-state index < -0.39 is 10.0 Å². The number of ether oxygens (including phenoxy) is 1. The number of esters is 1. The van der Waals surface area contributed by atoms with Crippen molar-refractivity contribution in [2.45, 2.75) is 68.8 Å². The van der Waals surface area contributed by atoms with Crippen molar-refractivity contribution in [3.8, 4) is 0 Å². The fourth-order valence-electron chi connectivity index (χ4n) is 5.33. The van der Waals surface area contributed by atoms with Gasteiger partial charge in [0.2, 0.25) is 10.0 Å². The standard InChI is InChI=1S/C23H35N3O4S/c27-23(21(18-10-3-1-4-11-18)26-15-7-2-8-16-26)30-17-9-14-24-22-19-12-5-6-13-20(19)31(28,29)25-22/h1,3-4,10-11,19-22,24-25H,2,5-9,12-17H2. The average molecular weight is 450 g/mol. The third kappa shape index (κ3) is 5.48. The molecule has 0 spiro atoms. The molecule has 1 saturated carbocycles. The van der Waals surface area contributed by atoms with Crippen molar-refractivity contribution in [3.63, 3.8) is 0 Å². The molecule has 0 aromatic heterocycles. The summed E-state index contributed by atoms with van der Waals surface area (Å²) in [6, 6.07) is 9.53. The first-order valence-corrected chi connectivity index (χ1v) is 13.3. The maximum absolute atomic E-state index is 13.0. The van der Waals surface area contributed by atoms with Gasteiger partial charge in [-0.15, -0.1) is 0 Å². The first-order valence-electron chi connectivity index (χ1n) is 11.8. The molecule has 31 heavy (non-hydrogen) atoms. The van der Waals surface area contributed by atoms with E-state index in [1.165, 1.54) is 6.42 Å². The molecule has 3 fully saturated rings. The van der Waals surface area contributed by atoms with Gasteiger partial charge in [0.25, 0.3) is 0 Å². The topological polar surface area (TPSA) is 87.7 Å². The second-order valence-electron chi connectivity index (χ2n) is 9.01. The summed E-state index contributed by atoms with van der Waals surface area (Å²) >= 11 is 0. The zero-order valence-electron chi connectivity index (χ0n) is 18.2. The quantitative estimate of drug-likeness (QED) is 0.469. The van der Waals surface area contributed by atoms with Gasteiger partial charge in [-0.3, -0.25) is 4.90 Å². The van der Waals surface area contributed by atoms with Gasteiger partial charge >= 0.3 is 5.97 Å². The number of nitrogens with zero attached hydrogens (tertiary/aromatic N) is 1. The van der Waals surface area contributed by atoms with E-state index in [4.69, 9.17) is 4.74 Å². The summed E-state index contributed by atoms with van der Waals surface area (Å²) in [4.78, 5) is 15.2. The number of piperidine rings is 1. The zero-order chi connectivity index (χ0) is 21.7. The lowest BCUT2D eigenvalue weighted by Crippen LogP contribution is -2.44. The van der Waals surface area contributed by atoms with Gasteiger partial charge in [-0.1, -0.05) is 49.6 Å². The van der Waals surface area contributed by atoms with Gasteiger partial charge in [0.1, 0.15) is 6.04 Å². The van der Waals surface area contributed by atoms with Crippen molar-refractivity contribution in [2.24, 2.45) is 5.92 Å². The first kappa shape index (κ1) is 22.7. The predicted octanol–water partition coefficient (Wildman–Crippen LogP) is 2.55. The molecule has 0 amide bonds. The summed E-state index contributed by atoms with van der Waals surface area (Å²) in [6.07, 6.45) is 7.67. The molecule has 1 aromatic rings. The van der Waals surface area contributed by atoms with E-state index in [1.54, 1.807) is 0 Å². The molecule has 2 N–H and O–H groups in total. The van der Waals surface area contributed by atoms with Crippen LogP contribution in [0.1, 0.15) is 63.0 Å². The number of hydrogen-bond donors (Lipinski definition) is 2. The second kappa shape index (κ2) is 10.4. The lowest BCUT2D eigenvalue weighted by Gasteiger charge is -2.33. The second-order valence-corrected chi connectivity index (χ2v) is 10.9. The van der Waals surface area contributed by atoms with Crippen LogP contribution in [0.15, 0.2) is 30.3 Å². The highest BCUT2D eigenvalue weighted by Crippen LogP contribution is 2.35. The fraction of sp³-hybridized carbons (Fsp3) is 0.696. The van der Waals surface area contributed by atoms with Crippen LogP contribution in [0.2, 0.25) is 0 Å². The molecular formula is C23H35N3O4S. The minimum absolute atomic E-state index is 0.142. The average Bonchev–Trinajstić information content (AvgIpc) is 3.05. The van der Waals surface area contributed by atoms with E-state index >= 15 is 0 Å². The Labute approximate surface area is 186 Å². The van der Waals surface area contributed by atoms with Gasteiger partial charge in [0.05, 0.1) is 18.0 Å². The maximum Gasteiger partial charge on any atom is 0.328 e. The van der Waals surface area contributed by atoms with Crippen molar-refractivity contribution in [2.75, 3.05) is 26.2 Å². The third-order valence-corrected chi connectivity index (χ3v) is 8.86. The van der Waals surface area contributed by atoms with Crippen LogP contribution in [-0.2, 0) is 19.6 Å². The maximum atomic E-state index is 13.0. The Hall–Kier alpha value is -1.48. The number of fused-ring (bicyclic) bond motifs is 1. The van der Waals surface area contributed by atoms with Crippen LogP contribution in [0.4, 0.5) is 0 Å². The molecular weight excluding hydrogens is 414 g/mol. The molecule has 4 rings (SSSR count). The van der Waals surface area contributed by atoms with Crippen molar-refractivity contribution in [1.29, 1.82) is 0 Å². The molecule has 0 radical (unpaired) electrons. The van der Waals surface area contributed by atoms with Crippen LogP contribution in [0, 0.1) is 5.92 Å². The first-order chi connectivity index (χ1) is 15.1. The molecule has 0 bridgehead atoms. The molecule has 7 nitrogen and oxygen atoms in total. The minimum Gasteiger partial charge on any atom is -0.464 e. The molecule has 2 heterocycles. The molecule has 4 unspecified atom stereocenters. The van der Waals surface area contributed by atoms with Crippen molar-refractivity contribution in [1.82, 2.24) is 14.9 Å². The van der Waals surface area contributed by atoms with Crippen molar-refractivity contribution in [3.05, 3.63) is 35.9 Å². The largest absolute Gasteiger partial charge is 0.464 e. The van der Waals surface area contributed by atoms with Gasteiger partial charge in [-0.2, -0.15) is 4.72 Å². The summed E-state index contributed by atoms with van der Waals surface area (Å²) in [5, 5.41) is 3.09. The predicted molar refractivity (Wildman–Crippen MR) is 120 cm³/mol. The Morgan fingerprint density at radius 1 is 1.10 bits per heavy atom. The van der Waals surface area contributed by atoms with E-state index in [1.807, 2.05) is 30.3 Å². The van der Waals surface area contributed by atoms with Crippen molar-refractivity contribution >= 4 is 16.0 Å². The van der Waals surface area contributed by atoms with Gasteiger partial charge in [-0.05, 0) is 57.3 Å². The van der Waals surface area contributed by atoms with Gasteiger partial charge in [0.15, 0.2) is 0 Å². The van der Waals surface area contributed by atoms with Gasteiger partial charge in [0, 0.05) is 5.92 Å². The number of nitrogens with one attached hydrogen (secondary N) is 2. The molecule has 8 heteroatoms. The summed E-state index contributed by atoms with van der Waals surface area (Å²) in [5.41, 5.74) is 0.983. The van der Waals surface area contributed by atoms with E-state index in [0.29, 0.717) is 19.6 Å². The summed E-state index contributed by atoms with van der Waals surface area (Å²) in [6.45, 7) is 2.78.